The number of hydrogen-bond acceptors (Lipinski definition) is 8. The average molecular weight is 431 g/mol. The van der Waals surface area contributed by atoms with Crippen molar-refractivity contribution in [2.24, 2.45) is 0 Å². The molecule has 0 saturated carbocycles. The normalized spacial score (nSPS) is 10.0. The largest absolute Gasteiger partial charge is 0.496 e. The van der Waals surface area contributed by atoms with Crippen LogP contribution in [-0.2, 0) is 14.3 Å². The molecule has 0 heterocycles. The summed E-state index contributed by atoms with van der Waals surface area (Å²) in [6.07, 6.45) is 0. The lowest BCUT2D eigenvalue weighted by Gasteiger charge is -2.09. The fourth-order valence-electron chi connectivity index (χ4n) is 2.40. The van der Waals surface area contributed by atoms with E-state index in [9.17, 15) is 24.5 Å². The molecule has 0 aliphatic carbocycles. The van der Waals surface area contributed by atoms with E-state index < -0.39 is 35.9 Å². The maximum Gasteiger partial charge on any atom is 0.325 e. The van der Waals surface area contributed by atoms with Gasteiger partial charge >= 0.3 is 5.97 Å². The highest BCUT2D eigenvalue weighted by molar-refractivity contribution is 5.97. The summed E-state index contributed by atoms with van der Waals surface area (Å²) in [5, 5.41) is 15.8. The number of rotatable bonds is 10. The van der Waals surface area contributed by atoms with Crippen molar-refractivity contribution in [3.05, 3.63) is 58.1 Å². The molecule has 0 atom stereocenters. The van der Waals surface area contributed by atoms with Gasteiger partial charge in [-0.1, -0.05) is 0 Å². The molecule has 2 amide bonds. The van der Waals surface area contributed by atoms with Gasteiger partial charge in [-0.2, -0.15) is 0 Å². The first kappa shape index (κ1) is 23.1. The van der Waals surface area contributed by atoms with E-state index in [1.807, 2.05) is 6.92 Å². The van der Waals surface area contributed by atoms with E-state index in [2.05, 4.69) is 10.6 Å². The van der Waals surface area contributed by atoms with Crippen LogP contribution >= 0.6 is 0 Å². The Labute approximate surface area is 177 Å². The minimum atomic E-state index is -0.848. The summed E-state index contributed by atoms with van der Waals surface area (Å²) >= 11 is 0. The van der Waals surface area contributed by atoms with Crippen LogP contribution in [0.25, 0.3) is 0 Å². The molecule has 0 radical (unpaired) electrons. The topological polar surface area (TPSA) is 146 Å². The molecule has 0 aliphatic rings. The molecule has 0 spiro atoms. The average Bonchev–Trinajstić information content (AvgIpc) is 2.76. The second-order valence-electron chi connectivity index (χ2n) is 5.99. The third-order valence-corrected chi connectivity index (χ3v) is 3.86. The standard InChI is InChI=1S/C20H21N3O8/c1-3-30-14-6-4-13(5-7-14)20(26)21-11-19(25)31-12-18(24)22-16-9-8-15(29-2)10-17(16)23(27)28/h4-10H,3,11-12H2,1-2H3,(H,21,26)(H,22,24). The zero-order valence-electron chi connectivity index (χ0n) is 16.9. The van der Waals surface area contributed by atoms with Gasteiger partial charge in [0.25, 0.3) is 17.5 Å². The van der Waals surface area contributed by atoms with Crippen molar-refractivity contribution < 1.29 is 33.5 Å². The zero-order chi connectivity index (χ0) is 22.8. The Morgan fingerprint density at radius 3 is 2.35 bits per heavy atom. The summed E-state index contributed by atoms with van der Waals surface area (Å²) < 4.78 is 15.0. The highest BCUT2D eigenvalue weighted by Gasteiger charge is 2.18. The molecular formula is C20H21N3O8. The molecule has 164 valence electrons. The van der Waals surface area contributed by atoms with E-state index >= 15 is 0 Å². The summed E-state index contributed by atoms with van der Waals surface area (Å²) in [4.78, 5) is 46.2. The molecule has 0 aromatic heterocycles. The van der Waals surface area contributed by atoms with Crippen LogP contribution < -0.4 is 20.1 Å². The number of nitro benzene ring substituents is 1. The monoisotopic (exact) mass is 431 g/mol. The molecule has 31 heavy (non-hydrogen) atoms. The highest BCUT2D eigenvalue weighted by Crippen LogP contribution is 2.28. The number of nitrogens with one attached hydrogen (secondary N) is 2. The molecule has 0 saturated heterocycles. The number of hydrogen-bond donors (Lipinski definition) is 2. The molecule has 2 rings (SSSR count). The fraction of sp³-hybridized carbons (Fsp3) is 0.250. The number of nitro groups is 1. The number of ether oxygens (including phenoxy) is 3. The quantitative estimate of drug-likeness (QED) is 0.329. The summed E-state index contributed by atoms with van der Waals surface area (Å²) in [5.41, 5.74) is -0.127. The number of amides is 2. The maximum atomic E-state index is 12.0. The van der Waals surface area contributed by atoms with Crippen molar-refractivity contribution in [1.29, 1.82) is 0 Å². The van der Waals surface area contributed by atoms with Crippen molar-refractivity contribution in [3.8, 4) is 11.5 Å². The van der Waals surface area contributed by atoms with Crippen LogP contribution in [0, 0.1) is 10.1 Å². The van der Waals surface area contributed by atoms with Gasteiger partial charge in [0.1, 0.15) is 23.7 Å². The van der Waals surface area contributed by atoms with Crippen molar-refractivity contribution in [2.75, 3.05) is 32.2 Å². The van der Waals surface area contributed by atoms with Crippen LogP contribution in [-0.4, -0.2) is 49.6 Å². The first-order valence-electron chi connectivity index (χ1n) is 9.13. The fourth-order valence-corrected chi connectivity index (χ4v) is 2.40. The van der Waals surface area contributed by atoms with Gasteiger partial charge in [0.05, 0.1) is 24.7 Å². The first-order chi connectivity index (χ1) is 14.8. The number of esters is 1. The summed E-state index contributed by atoms with van der Waals surface area (Å²) in [5.74, 6) is -1.27. The number of nitrogens with zero attached hydrogens (tertiary/aromatic N) is 1. The molecule has 0 bridgehead atoms. The van der Waals surface area contributed by atoms with Crippen molar-refractivity contribution >= 4 is 29.2 Å². The molecule has 2 aromatic carbocycles. The van der Waals surface area contributed by atoms with Gasteiger partial charge in [-0.05, 0) is 43.3 Å². The minimum Gasteiger partial charge on any atom is -0.496 e. The van der Waals surface area contributed by atoms with Crippen LogP contribution in [0.1, 0.15) is 17.3 Å². The molecule has 0 unspecified atom stereocenters. The predicted molar refractivity (Wildman–Crippen MR) is 109 cm³/mol. The molecule has 11 nitrogen and oxygen atoms in total. The summed E-state index contributed by atoms with van der Waals surface area (Å²) in [6, 6.07) is 10.2. The minimum absolute atomic E-state index is 0.0735. The molecule has 2 N–H and O–H groups in total. The van der Waals surface area contributed by atoms with Crippen LogP contribution in [0.5, 0.6) is 11.5 Å². The third kappa shape index (κ3) is 6.99. The van der Waals surface area contributed by atoms with Crippen LogP contribution in [0.4, 0.5) is 11.4 Å². The van der Waals surface area contributed by atoms with Crippen molar-refractivity contribution in [2.45, 2.75) is 6.92 Å². The number of carbonyl (C=O) groups is 3. The van der Waals surface area contributed by atoms with Crippen LogP contribution in [0.2, 0.25) is 0 Å². The number of benzene rings is 2. The van der Waals surface area contributed by atoms with E-state index in [0.717, 1.165) is 6.07 Å². The van der Waals surface area contributed by atoms with E-state index in [1.165, 1.54) is 19.2 Å². The first-order valence-corrected chi connectivity index (χ1v) is 9.13. The van der Waals surface area contributed by atoms with Crippen LogP contribution in [0.3, 0.4) is 0 Å². The summed E-state index contributed by atoms with van der Waals surface area (Å²) in [7, 11) is 1.35. The lowest BCUT2D eigenvalue weighted by molar-refractivity contribution is -0.384. The second kappa shape index (κ2) is 11.1. The van der Waals surface area contributed by atoms with E-state index in [4.69, 9.17) is 14.2 Å². The van der Waals surface area contributed by atoms with Gasteiger partial charge in [-0.25, -0.2) is 0 Å². The van der Waals surface area contributed by atoms with Gasteiger partial charge in [0, 0.05) is 5.56 Å². The predicted octanol–water partition coefficient (Wildman–Crippen LogP) is 1.91. The Morgan fingerprint density at radius 1 is 1.06 bits per heavy atom. The lowest BCUT2D eigenvalue weighted by Crippen LogP contribution is -2.32. The number of carbonyl (C=O) groups excluding carboxylic acids is 3. The second-order valence-corrected chi connectivity index (χ2v) is 5.99. The molecule has 0 aliphatic heterocycles. The highest BCUT2D eigenvalue weighted by atomic mass is 16.6. The Bertz CT molecular complexity index is 959. The van der Waals surface area contributed by atoms with Gasteiger partial charge in [0.15, 0.2) is 6.61 Å². The Morgan fingerprint density at radius 2 is 1.74 bits per heavy atom. The zero-order valence-corrected chi connectivity index (χ0v) is 16.9. The van der Waals surface area contributed by atoms with Crippen molar-refractivity contribution in [3.63, 3.8) is 0 Å². The number of methoxy groups -OCH3 is 1. The molecule has 2 aromatic rings. The lowest BCUT2D eigenvalue weighted by atomic mass is 10.2. The molecule has 0 fully saturated rings. The van der Waals surface area contributed by atoms with Gasteiger partial charge in [-0.3, -0.25) is 24.5 Å². The van der Waals surface area contributed by atoms with Gasteiger partial charge in [-0.15, -0.1) is 0 Å². The van der Waals surface area contributed by atoms with E-state index in [1.54, 1.807) is 24.3 Å². The SMILES string of the molecule is CCOc1ccc(C(=O)NCC(=O)OCC(=O)Nc2ccc(OC)cc2[N+](=O)[O-])cc1. The Kier molecular flexibility index (Phi) is 8.31. The smallest absolute Gasteiger partial charge is 0.325 e. The number of anilines is 1. The summed E-state index contributed by atoms with van der Waals surface area (Å²) in [6.45, 7) is 1.20. The van der Waals surface area contributed by atoms with Crippen LogP contribution in [0.15, 0.2) is 42.5 Å². The molecule has 11 heteroatoms. The maximum absolute atomic E-state index is 12.0. The Hall–Kier alpha value is -4.15. The van der Waals surface area contributed by atoms with E-state index in [0.29, 0.717) is 17.9 Å². The van der Waals surface area contributed by atoms with E-state index in [-0.39, 0.29) is 17.1 Å². The van der Waals surface area contributed by atoms with Gasteiger partial charge < -0.3 is 24.8 Å². The third-order valence-electron chi connectivity index (χ3n) is 3.86. The van der Waals surface area contributed by atoms with Gasteiger partial charge in [0.2, 0.25) is 0 Å². The molecular weight excluding hydrogens is 410 g/mol. The van der Waals surface area contributed by atoms with Crippen molar-refractivity contribution in [1.82, 2.24) is 5.32 Å². The Balaban J connectivity index is 1.81.